The number of hydrogen-bond acceptors (Lipinski definition) is 1. The van der Waals surface area contributed by atoms with Crippen LogP contribution in [0.3, 0.4) is 0 Å². The van der Waals surface area contributed by atoms with Crippen molar-refractivity contribution in [2.45, 2.75) is 58.8 Å². The third kappa shape index (κ3) is 5.26. The molecule has 0 atom stereocenters. The van der Waals surface area contributed by atoms with Crippen molar-refractivity contribution in [3.63, 3.8) is 0 Å². The van der Waals surface area contributed by atoms with Crippen molar-refractivity contribution in [2.24, 2.45) is 0 Å². The Bertz CT molecular complexity index is 713. The normalized spacial score (nSPS) is 11.0. The Kier molecular flexibility index (Phi) is 8.02. The van der Waals surface area contributed by atoms with Crippen LogP contribution in [0.2, 0.25) is 0 Å². The van der Waals surface area contributed by atoms with Crippen LogP contribution in [0.5, 0.6) is 5.75 Å². The van der Waals surface area contributed by atoms with E-state index < -0.39 is 17.5 Å². The van der Waals surface area contributed by atoms with Gasteiger partial charge in [0.05, 0.1) is 6.61 Å². The molecular weight excluding hydrogens is 337 g/mol. The monoisotopic (exact) mass is 364 g/mol. The van der Waals surface area contributed by atoms with Crippen molar-refractivity contribution in [1.29, 1.82) is 0 Å². The van der Waals surface area contributed by atoms with Gasteiger partial charge < -0.3 is 4.74 Å². The maximum absolute atomic E-state index is 14.4. The Morgan fingerprint density at radius 3 is 2.23 bits per heavy atom. The van der Waals surface area contributed by atoms with Gasteiger partial charge in [0.25, 0.3) is 0 Å². The second kappa shape index (κ2) is 10.2. The first-order valence-electron chi connectivity index (χ1n) is 9.48. The van der Waals surface area contributed by atoms with Gasteiger partial charge in [-0.05, 0) is 42.5 Å². The highest BCUT2D eigenvalue weighted by Gasteiger charge is 2.16. The molecule has 26 heavy (non-hydrogen) atoms. The molecule has 0 radical (unpaired) electrons. The fourth-order valence-electron chi connectivity index (χ4n) is 2.89. The average Bonchev–Trinajstić information content (AvgIpc) is 2.63. The molecule has 2 aromatic rings. The summed E-state index contributed by atoms with van der Waals surface area (Å²) in [5.41, 5.74) is 0.745. The highest BCUT2D eigenvalue weighted by atomic mass is 19.2. The van der Waals surface area contributed by atoms with Crippen LogP contribution in [0.25, 0.3) is 11.1 Å². The molecule has 2 aromatic carbocycles. The van der Waals surface area contributed by atoms with E-state index in [4.69, 9.17) is 4.74 Å². The molecule has 0 aliphatic heterocycles. The molecule has 0 saturated heterocycles. The molecule has 0 aliphatic carbocycles. The van der Waals surface area contributed by atoms with Crippen LogP contribution in [-0.2, 0) is 6.42 Å². The number of rotatable bonds is 10. The van der Waals surface area contributed by atoms with E-state index in [1.54, 1.807) is 12.1 Å². The predicted molar refractivity (Wildman–Crippen MR) is 100 cm³/mol. The van der Waals surface area contributed by atoms with E-state index in [1.165, 1.54) is 18.2 Å². The van der Waals surface area contributed by atoms with Crippen LogP contribution in [-0.4, -0.2) is 6.61 Å². The highest BCUT2D eigenvalue weighted by molar-refractivity contribution is 5.65. The summed E-state index contributed by atoms with van der Waals surface area (Å²) in [6.45, 7) is 4.59. The lowest BCUT2D eigenvalue weighted by atomic mass is 9.99. The zero-order valence-electron chi connectivity index (χ0n) is 15.6. The number of hydrogen-bond donors (Lipinski definition) is 0. The fourth-order valence-corrected chi connectivity index (χ4v) is 2.89. The van der Waals surface area contributed by atoms with Crippen molar-refractivity contribution in [1.82, 2.24) is 0 Å². The van der Waals surface area contributed by atoms with Crippen molar-refractivity contribution in [3.8, 4) is 16.9 Å². The Hall–Kier alpha value is -1.97. The first-order valence-corrected chi connectivity index (χ1v) is 9.48. The molecule has 0 aromatic heterocycles. The molecule has 2 rings (SSSR count). The van der Waals surface area contributed by atoms with Gasteiger partial charge in [-0.15, -0.1) is 0 Å². The van der Waals surface area contributed by atoms with Crippen molar-refractivity contribution in [2.75, 3.05) is 6.61 Å². The van der Waals surface area contributed by atoms with Gasteiger partial charge in [0.2, 0.25) is 0 Å². The molecule has 4 heteroatoms. The van der Waals surface area contributed by atoms with Crippen molar-refractivity contribution >= 4 is 0 Å². The number of ether oxygens (including phenoxy) is 1. The Morgan fingerprint density at radius 1 is 0.808 bits per heavy atom. The first kappa shape index (κ1) is 20.3. The third-order valence-corrected chi connectivity index (χ3v) is 4.46. The van der Waals surface area contributed by atoms with Crippen molar-refractivity contribution < 1.29 is 17.9 Å². The smallest absolute Gasteiger partial charge is 0.166 e. The lowest BCUT2D eigenvalue weighted by Gasteiger charge is -2.11. The van der Waals surface area contributed by atoms with Crippen molar-refractivity contribution in [3.05, 3.63) is 53.3 Å². The third-order valence-electron chi connectivity index (χ3n) is 4.46. The van der Waals surface area contributed by atoms with E-state index in [1.807, 2.05) is 0 Å². The Morgan fingerprint density at radius 2 is 1.54 bits per heavy atom. The van der Waals surface area contributed by atoms with Gasteiger partial charge in [-0.2, -0.15) is 0 Å². The zero-order chi connectivity index (χ0) is 18.9. The zero-order valence-corrected chi connectivity index (χ0v) is 15.6. The maximum atomic E-state index is 14.4. The maximum Gasteiger partial charge on any atom is 0.166 e. The molecule has 0 spiro atoms. The molecule has 0 aliphatic rings. The highest BCUT2D eigenvalue weighted by Crippen LogP contribution is 2.30. The molecule has 142 valence electrons. The standard InChI is InChI=1S/C22H27F3O/c1-3-5-7-9-16-10-12-18(22(25)21(16)24)17-11-13-20(19(23)15-17)26-14-8-6-4-2/h10-13,15H,3-9,14H2,1-2H3. The summed E-state index contributed by atoms with van der Waals surface area (Å²) < 4.78 is 48.4. The number of aryl methyl sites for hydroxylation is 1. The molecule has 0 unspecified atom stereocenters. The van der Waals surface area contributed by atoms with Crippen LogP contribution in [0.1, 0.15) is 57.9 Å². The van der Waals surface area contributed by atoms with Crippen LogP contribution in [0.15, 0.2) is 30.3 Å². The minimum absolute atomic E-state index is 0.0678. The summed E-state index contributed by atoms with van der Waals surface area (Å²) in [5.74, 6) is -2.18. The van der Waals surface area contributed by atoms with Gasteiger partial charge in [0.1, 0.15) is 0 Å². The van der Waals surface area contributed by atoms with E-state index in [2.05, 4.69) is 13.8 Å². The second-order valence-electron chi connectivity index (χ2n) is 6.56. The topological polar surface area (TPSA) is 9.23 Å². The van der Waals surface area contributed by atoms with E-state index in [-0.39, 0.29) is 11.3 Å². The molecule has 0 heterocycles. The molecular formula is C22H27F3O. The van der Waals surface area contributed by atoms with Gasteiger partial charge in [0.15, 0.2) is 23.2 Å². The fraction of sp³-hybridized carbons (Fsp3) is 0.455. The Balaban J connectivity index is 2.15. The van der Waals surface area contributed by atoms with Gasteiger partial charge in [0, 0.05) is 5.56 Å². The number of benzene rings is 2. The van der Waals surface area contributed by atoms with Crippen LogP contribution in [0, 0.1) is 17.5 Å². The largest absolute Gasteiger partial charge is 0.491 e. The first-order chi connectivity index (χ1) is 12.6. The van der Waals surface area contributed by atoms with Gasteiger partial charge >= 0.3 is 0 Å². The lowest BCUT2D eigenvalue weighted by molar-refractivity contribution is 0.291. The molecule has 1 nitrogen and oxygen atoms in total. The summed E-state index contributed by atoms with van der Waals surface area (Å²) in [6.07, 6.45) is 6.28. The van der Waals surface area contributed by atoms with Gasteiger partial charge in [-0.25, -0.2) is 13.2 Å². The van der Waals surface area contributed by atoms with E-state index >= 15 is 0 Å². The molecule has 0 amide bonds. The van der Waals surface area contributed by atoms with Crippen LogP contribution >= 0.6 is 0 Å². The predicted octanol–water partition coefficient (Wildman–Crippen LogP) is 7.07. The molecule has 0 bridgehead atoms. The molecule has 0 fully saturated rings. The summed E-state index contributed by atoms with van der Waals surface area (Å²) in [5, 5.41) is 0. The summed E-state index contributed by atoms with van der Waals surface area (Å²) in [4.78, 5) is 0. The second-order valence-corrected chi connectivity index (χ2v) is 6.56. The molecule has 0 N–H and O–H groups in total. The van der Waals surface area contributed by atoms with Crippen LogP contribution in [0.4, 0.5) is 13.2 Å². The SMILES string of the molecule is CCCCCOc1ccc(-c2ccc(CCCCC)c(F)c2F)cc1F. The lowest BCUT2D eigenvalue weighted by Crippen LogP contribution is -2.00. The Labute approximate surface area is 154 Å². The minimum Gasteiger partial charge on any atom is -0.491 e. The number of halogens is 3. The quantitative estimate of drug-likeness (QED) is 0.410. The van der Waals surface area contributed by atoms with E-state index in [9.17, 15) is 13.2 Å². The van der Waals surface area contributed by atoms with E-state index in [0.717, 1.165) is 38.5 Å². The van der Waals surface area contributed by atoms with Gasteiger partial charge in [-0.1, -0.05) is 57.7 Å². The summed E-state index contributed by atoms with van der Waals surface area (Å²) in [7, 11) is 0. The van der Waals surface area contributed by atoms with Gasteiger partial charge in [-0.3, -0.25) is 0 Å². The van der Waals surface area contributed by atoms with Crippen LogP contribution < -0.4 is 4.74 Å². The number of unbranched alkanes of at least 4 members (excludes halogenated alkanes) is 4. The molecule has 0 saturated carbocycles. The average molecular weight is 364 g/mol. The van der Waals surface area contributed by atoms with E-state index in [0.29, 0.717) is 24.2 Å². The minimum atomic E-state index is -0.921. The summed E-state index contributed by atoms with van der Waals surface area (Å²) in [6, 6.07) is 7.35. The summed E-state index contributed by atoms with van der Waals surface area (Å²) >= 11 is 0.